The van der Waals surface area contributed by atoms with Crippen molar-refractivity contribution in [3.63, 3.8) is 0 Å². The molecule has 21 heavy (non-hydrogen) atoms. The molecule has 0 aliphatic carbocycles. The van der Waals surface area contributed by atoms with Gasteiger partial charge in [0.2, 0.25) is 10.0 Å². The first kappa shape index (κ1) is 15.9. The van der Waals surface area contributed by atoms with E-state index in [4.69, 9.17) is 11.6 Å². The van der Waals surface area contributed by atoms with E-state index in [2.05, 4.69) is 4.72 Å². The van der Waals surface area contributed by atoms with Gasteiger partial charge in [-0.25, -0.2) is 17.5 Å². The zero-order valence-corrected chi connectivity index (χ0v) is 12.8. The second-order valence-corrected chi connectivity index (χ2v) is 6.96. The Labute approximate surface area is 128 Å². The summed E-state index contributed by atoms with van der Waals surface area (Å²) < 4.78 is 39.3. The third-order valence-electron chi connectivity index (χ3n) is 2.98. The van der Waals surface area contributed by atoms with Crippen LogP contribution < -0.4 is 4.72 Å². The molecular formula is C15H15ClFNO2S. The molecule has 0 atom stereocenters. The molecule has 6 heteroatoms. The largest absolute Gasteiger partial charge is 0.212 e. The fraction of sp³-hybridized carbons (Fsp3) is 0.200. The topological polar surface area (TPSA) is 46.2 Å². The van der Waals surface area contributed by atoms with Gasteiger partial charge in [0.15, 0.2) is 0 Å². The van der Waals surface area contributed by atoms with Crippen molar-refractivity contribution in [2.45, 2.75) is 13.0 Å². The van der Waals surface area contributed by atoms with Gasteiger partial charge in [0.1, 0.15) is 5.82 Å². The van der Waals surface area contributed by atoms with Crippen molar-refractivity contribution in [3.05, 3.63) is 70.5 Å². The maximum absolute atomic E-state index is 13.0. The van der Waals surface area contributed by atoms with E-state index in [0.29, 0.717) is 12.0 Å². The van der Waals surface area contributed by atoms with Crippen LogP contribution in [0.3, 0.4) is 0 Å². The fourth-order valence-corrected chi connectivity index (χ4v) is 3.05. The molecule has 2 aromatic carbocycles. The smallest absolute Gasteiger partial charge is 0.212 e. The van der Waals surface area contributed by atoms with Crippen LogP contribution in [0.15, 0.2) is 48.5 Å². The van der Waals surface area contributed by atoms with Gasteiger partial charge in [0, 0.05) is 6.54 Å². The molecule has 0 radical (unpaired) electrons. The third-order valence-corrected chi connectivity index (χ3v) is 4.60. The molecule has 0 aromatic heterocycles. The van der Waals surface area contributed by atoms with Gasteiger partial charge in [-0.05, 0) is 29.7 Å². The highest BCUT2D eigenvalue weighted by atomic mass is 35.5. The Kier molecular flexibility index (Phi) is 5.33. The van der Waals surface area contributed by atoms with Gasteiger partial charge in [0.25, 0.3) is 0 Å². The summed E-state index contributed by atoms with van der Waals surface area (Å²) in [6.07, 6.45) is 0.445. The van der Waals surface area contributed by atoms with Crippen molar-refractivity contribution in [2.75, 3.05) is 5.75 Å². The zero-order chi connectivity index (χ0) is 15.3. The minimum Gasteiger partial charge on any atom is -0.212 e. The molecule has 0 saturated carbocycles. The Hall–Kier alpha value is -1.43. The zero-order valence-electron chi connectivity index (χ0n) is 11.2. The maximum atomic E-state index is 13.0. The van der Waals surface area contributed by atoms with Crippen LogP contribution in [0.1, 0.15) is 11.1 Å². The van der Waals surface area contributed by atoms with E-state index in [-0.39, 0.29) is 17.3 Å². The van der Waals surface area contributed by atoms with E-state index in [0.717, 1.165) is 5.56 Å². The standard InChI is InChI=1S/C15H15ClFNO2S/c16-14-10-13(6-7-15(14)17)11-18-21(19,20)9-8-12-4-2-1-3-5-12/h1-7,10,18H,8-9,11H2. The van der Waals surface area contributed by atoms with Gasteiger partial charge in [0.05, 0.1) is 10.8 Å². The maximum Gasteiger partial charge on any atom is 0.212 e. The van der Waals surface area contributed by atoms with Crippen molar-refractivity contribution in [3.8, 4) is 0 Å². The number of aryl methyl sites for hydroxylation is 1. The van der Waals surface area contributed by atoms with E-state index < -0.39 is 15.8 Å². The number of benzene rings is 2. The monoisotopic (exact) mass is 327 g/mol. The number of rotatable bonds is 6. The predicted molar refractivity (Wildman–Crippen MR) is 82.2 cm³/mol. The van der Waals surface area contributed by atoms with Crippen molar-refractivity contribution in [2.24, 2.45) is 0 Å². The molecular weight excluding hydrogens is 313 g/mol. The summed E-state index contributed by atoms with van der Waals surface area (Å²) in [6, 6.07) is 13.5. The van der Waals surface area contributed by atoms with Gasteiger partial charge in [-0.2, -0.15) is 0 Å². The quantitative estimate of drug-likeness (QED) is 0.886. The average Bonchev–Trinajstić information content (AvgIpc) is 2.48. The Bertz CT molecular complexity index is 705. The molecule has 2 aromatic rings. The Morgan fingerprint density at radius 2 is 1.76 bits per heavy atom. The molecule has 112 valence electrons. The number of hydrogen-bond donors (Lipinski definition) is 1. The highest BCUT2D eigenvalue weighted by molar-refractivity contribution is 7.89. The van der Waals surface area contributed by atoms with Crippen molar-refractivity contribution >= 4 is 21.6 Å². The Balaban J connectivity index is 1.90. The van der Waals surface area contributed by atoms with Crippen LogP contribution in [-0.2, 0) is 23.0 Å². The van der Waals surface area contributed by atoms with E-state index in [1.807, 2.05) is 30.3 Å². The Morgan fingerprint density at radius 1 is 1.05 bits per heavy atom. The first-order chi connectivity index (χ1) is 9.96. The lowest BCUT2D eigenvalue weighted by molar-refractivity contribution is 0.580. The van der Waals surface area contributed by atoms with Crippen molar-refractivity contribution in [1.29, 1.82) is 0 Å². The summed E-state index contributed by atoms with van der Waals surface area (Å²) in [5.74, 6) is -0.515. The first-order valence-electron chi connectivity index (χ1n) is 6.41. The van der Waals surface area contributed by atoms with E-state index >= 15 is 0 Å². The lowest BCUT2D eigenvalue weighted by Gasteiger charge is -2.07. The minimum absolute atomic E-state index is 0.00589. The van der Waals surface area contributed by atoms with E-state index in [9.17, 15) is 12.8 Å². The van der Waals surface area contributed by atoms with Crippen LogP contribution in [-0.4, -0.2) is 14.2 Å². The highest BCUT2D eigenvalue weighted by Gasteiger charge is 2.10. The van der Waals surface area contributed by atoms with Crippen LogP contribution >= 0.6 is 11.6 Å². The van der Waals surface area contributed by atoms with Crippen LogP contribution in [0.4, 0.5) is 4.39 Å². The summed E-state index contributed by atoms with van der Waals surface area (Å²) in [5, 5.41) is -0.0176. The molecule has 0 saturated heterocycles. The second-order valence-electron chi connectivity index (χ2n) is 4.62. The van der Waals surface area contributed by atoms with Crippen LogP contribution in [0.5, 0.6) is 0 Å². The molecule has 0 aliphatic heterocycles. The molecule has 0 bridgehead atoms. The summed E-state index contributed by atoms with van der Waals surface area (Å²) in [6.45, 7) is 0.0944. The normalized spacial score (nSPS) is 11.5. The van der Waals surface area contributed by atoms with Crippen LogP contribution in [0, 0.1) is 5.82 Å². The lowest BCUT2D eigenvalue weighted by Crippen LogP contribution is -2.26. The number of hydrogen-bond acceptors (Lipinski definition) is 2. The minimum atomic E-state index is -3.39. The average molecular weight is 328 g/mol. The number of nitrogens with one attached hydrogen (secondary N) is 1. The third kappa shape index (κ3) is 5.12. The van der Waals surface area contributed by atoms with Crippen molar-refractivity contribution < 1.29 is 12.8 Å². The second kappa shape index (κ2) is 7.02. The van der Waals surface area contributed by atoms with Gasteiger partial charge in [-0.15, -0.1) is 0 Å². The van der Waals surface area contributed by atoms with Gasteiger partial charge >= 0.3 is 0 Å². The first-order valence-corrected chi connectivity index (χ1v) is 8.44. The molecule has 3 nitrogen and oxygen atoms in total. The summed E-state index contributed by atoms with van der Waals surface area (Å²) in [4.78, 5) is 0. The molecule has 0 spiro atoms. The molecule has 0 amide bonds. The number of halogens is 2. The Morgan fingerprint density at radius 3 is 2.43 bits per heavy atom. The molecule has 2 rings (SSSR count). The van der Waals surface area contributed by atoms with E-state index in [1.54, 1.807) is 0 Å². The lowest BCUT2D eigenvalue weighted by atomic mass is 10.2. The van der Waals surface area contributed by atoms with Crippen LogP contribution in [0.25, 0.3) is 0 Å². The fourth-order valence-electron chi connectivity index (χ4n) is 1.81. The van der Waals surface area contributed by atoms with Crippen molar-refractivity contribution in [1.82, 2.24) is 4.72 Å². The van der Waals surface area contributed by atoms with Crippen LogP contribution in [0.2, 0.25) is 5.02 Å². The molecule has 1 N–H and O–H groups in total. The summed E-state index contributed by atoms with van der Waals surface area (Å²) >= 11 is 5.65. The molecule has 0 aliphatic rings. The predicted octanol–water partition coefficient (Wildman–Crippen LogP) is 3.14. The van der Waals surface area contributed by atoms with Gasteiger partial charge < -0.3 is 0 Å². The summed E-state index contributed by atoms with van der Waals surface area (Å²) in [7, 11) is -3.39. The molecule has 0 heterocycles. The summed E-state index contributed by atoms with van der Waals surface area (Å²) in [5.41, 5.74) is 1.58. The highest BCUT2D eigenvalue weighted by Crippen LogP contribution is 2.16. The van der Waals surface area contributed by atoms with E-state index in [1.165, 1.54) is 18.2 Å². The molecule has 0 fully saturated rings. The molecule has 0 unspecified atom stereocenters. The van der Waals surface area contributed by atoms with Gasteiger partial charge in [-0.3, -0.25) is 0 Å². The van der Waals surface area contributed by atoms with Gasteiger partial charge in [-0.1, -0.05) is 48.0 Å². The number of sulfonamides is 1. The SMILES string of the molecule is O=S(=O)(CCc1ccccc1)NCc1ccc(F)c(Cl)c1.